The van der Waals surface area contributed by atoms with Gasteiger partial charge in [0.05, 0.1) is 17.6 Å². The van der Waals surface area contributed by atoms with Gasteiger partial charge in [0.1, 0.15) is 0 Å². The molecule has 1 fully saturated rings. The second-order valence-corrected chi connectivity index (χ2v) is 6.98. The normalized spacial score (nSPS) is 17.2. The fourth-order valence-corrected chi connectivity index (χ4v) is 3.74. The summed E-state index contributed by atoms with van der Waals surface area (Å²) in [7, 11) is -3.42. The lowest BCUT2D eigenvalue weighted by atomic mass is 10.3. The van der Waals surface area contributed by atoms with Crippen molar-refractivity contribution in [2.75, 3.05) is 12.3 Å². The second kappa shape index (κ2) is 5.76. The van der Waals surface area contributed by atoms with Crippen LogP contribution < -0.4 is 0 Å². The van der Waals surface area contributed by atoms with Gasteiger partial charge in [-0.1, -0.05) is 18.2 Å². The van der Waals surface area contributed by atoms with E-state index in [4.69, 9.17) is 0 Å². The summed E-state index contributed by atoms with van der Waals surface area (Å²) >= 11 is 0. The molecule has 1 aliphatic rings. The zero-order valence-corrected chi connectivity index (χ0v) is 12.6. The van der Waals surface area contributed by atoms with Gasteiger partial charge >= 0.3 is 0 Å². The highest BCUT2D eigenvalue weighted by Crippen LogP contribution is 2.15. The predicted octanol–water partition coefficient (Wildman–Crippen LogP) is 1.45. The first-order chi connectivity index (χ1) is 10.6. The molecule has 1 amide bonds. The minimum absolute atomic E-state index is 0.0402. The van der Waals surface area contributed by atoms with E-state index in [0.29, 0.717) is 6.42 Å². The maximum atomic E-state index is 11.9. The Morgan fingerprint density at radius 1 is 1.23 bits per heavy atom. The van der Waals surface area contributed by atoms with Crippen molar-refractivity contribution in [3.8, 4) is 5.69 Å². The molecule has 0 bridgehead atoms. The van der Waals surface area contributed by atoms with Crippen LogP contribution >= 0.6 is 0 Å². The molecule has 22 heavy (non-hydrogen) atoms. The van der Waals surface area contributed by atoms with Crippen molar-refractivity contribution >= 4 is 22.0 Å². The summed E-state index contributed by atoms with van der Waals surface area (Å²) in [5, 5.41) is 4.21. The van der Waals surface area contributed by atoms with E-state index in [-0.39, 0.29) is 12.3 Å². The molecule has 1 saturated heterocycles. The Labute approximate surface area is 128 Å². The summed E-state index contributed by atoms with van der Waals surface area (Å²) in [6, 6.07) is 9.58. The van der Waals surface area contributed by atoms with Crippen molar-refractivity contribution in [2.45, 2.75) is 6.42 Å². The van der Waals surface area contributed by atoms with Crippen LogP contribution in [0.5, 0.6) is 0 Å². The number of hydrogen-bond acceptors (Lipinski definition) is 4. The summed E-state index contributed by atoms with van der Waals surface area (Å²) < 4.78 is 25.9. The number of nitrogens with zero attached hydrogens (tertiary/aromatic N) is 3. The van der Waals surface area contributed by atoms with Crippen LogP contribution in [0.2, 0.25) is 0 Å². The van der Waals surface area contributed by atoms with E-state index >= 15 is 0 Å². The first-order valence-electron chi connectivity index (χ1n) is 6.89. The summed E-state index contributed by atoms with van der Waals surface area (Å²) in [6.07, 6.45) is 6.73. The molecule has 0 unspecified atom stereocenters. The van der Waals surface area contributed by atoms with Crippen LogP contribution in [0.15, 0.2) is 48.8 Å². The molecule has 0 spiro atoms. The van der Waals surface area contributed by atoms with Crippen molar-refractivity contribution in [3.63, 3.8) is 0 Å². The minimum Gasteiger partial charge on any atom is -0.269 e. The molecular weight excluding hydrogens is 302 g/mol. The van der Waals surface area contributed by atoms with E-state index in [9.17, 15) is 13.2 Å². The zero-order chi connectivity index (χ0) is 15.6. The van der Waals surface area contributed by atoms with Gasteiger partial charge < -0.3 is 0 Å². The molecule has 0 saturated carbocycles. The van der Waals surface area contributed by atoms with E-state index in [2.05, 4.69) is 5.10 Å². The summed E-state index contributed by atoms with van der Waals surface area (Å²) in [6.45, 7) is 0.259. The lowest BCUT2D eigenvalue weighted by Crippen LogP contribution is -2.30. The quantitative estimate of drug-likeness (QED) is 0.803. The highest BCUT2D eigenvalue weighted by molar-refractivity contribution is 7.89. The van der Waals surface area contributed by atoms with Crippen molar-refractivity contribution in [1.82, 2.24) is 14.1 Å². The molecule has 2 aromatic rings. The molecule has 6 nitrogen and oxygen atoms in total. The topological polar surface area (TPSA) is 72.3 Å². The third-order valence-electron chi connectivity index (χ3n) is 3.39. The molecule has 1 aromatic heterocycles. The molecule has 114 valence electrons. The first-order valence-corrected chi connectivity index (χ1v) is 8.50. The molecule has 2 heterocycles. The van der Waals surface area contributed by atoms with Crippen LogP contribution in [0.1, 0.15) is 12.0 Å². The Hall–Kier alpha value is -2.41. The molecular formula is C15H15N3O3S. The lowest BCUT2D eigenvalue weighted by Gasteiger charge is -2.11. The number of sulfonamides is 1. The minimum atomic E-state index is -3.42. The van der Waals surface area contributed by atoms with Crippen molar-refractivity contribution < 1.29 is 13.2 Å². The molecule has 0 N–H and O–H groups in total. The smallest absolute Gasteiger partial charge is 0.260 e. The van der Waals surface area contributed by atoms with Crippen molar-refractivity contribution in [3.05, 3.63) is 54.4 Å². The standard InChI is InChI=1S/C15H15N3O3S/c19-15(18-9-4-10-22(18,20)21)8-7-13-11-16-17(12-13)14-5-2-1-3-6-14/h1-3,5-8,11-12H,4,9-10H2/b8-7+. The van der Waals surface area contributed by atoms with Gasteiger partial charge in [-0.25, -0.2) is 17.4 Å². The molecule has 0 atom stereocenters. The molecule has 1 aliphatic heterocycles. The van der Waals surface area contributed by atoms with E-state index in [0.717, 1.165) is 15.6 Å². The van der Waals surface area contributed by atoms with Crippen LogP contribution in [0.3, 0.4) is 0 Å². The van der Waals surface area contributed by atoms with Gasteiger partial charge in [0, 0.05) is 24.4 Å². The molecule has 0 radical (unpaired) electrons. The Morgan fingerprint density at radius 2 is 2.00 bits per heavy atom. The number of benzene rings is 1. The van der Waals surface area contributed by atoms with Gasteiger partial charge in [-0.05, 0) is 24.6 Å². The molecule has 3 rings (SSSR count). The average Bonchev–Trinajstić information content (AvgIpc) is 3.12. The average molecular weight is 317 g/mol. The molecule has 0 aliphatic carbocycles. The summed E-state index contributed by atoms with van der Waals surface area (Å²) in [5.41, 5.74) is 1.64. The fourth-order valence-electron chi connectivity index (χ4n) is 2.28. The summed E-state index contributed by atoms with van der Waals surface area (Å²) in [4.78, 5) is 11.9. The van der Waals surface area contributed by atoms with Gasteiger partial charge in [0.15, 0.2) is 0 Å². The highest BCUT2D eigenvalue weighted by atomic mass is 32.2. The van der Waals surface area contributed by atoms with Crippen molar-refractivity contribution in [2.24, 2.45) is 0 Å². The Bertz CT molecular complexity index is 810. The number of aromatic nitrogens is 2. The van der Waals surface area contributed by atoms with Gasteiger partial charge in [0.2, 0.25) is 10.0 Å². The van der Waals surface area contributed by atoms with Gasteiger partial charge in [-0.2, -0.15) is 5.10 Å². The van der Waals surface area contributed by atoms with Gasteiger partial charge in [0.25, 0.3) is 5.91 Å². The fraction of sp³-hybridized carbons (Fsp3) is 0.200. The Morgan fingerprint density at radius 3 is 2.68 bits per heavy atom. The third kappa shape index (κ3) is 2.94. The number of carbonyl (C=O) groups is 1. The first kappa shape index (κ1) is 14.5. The largest absolute Gasteiger partial charge is 0.269 e. The van der Waals surface area contributed by atoms with E-state index in [1.165, 1.54) is 6.08 Å². The van der Waals surface area contributed by atoms with Crippen molar-refractivity contribution in [1.29, 1.82) is 0 Å². The monoisotopic (exact) mass is 317 g/mol. The highest BCUT2D eigenvalue weighted by Gasteiger charge is 2.30. The van der Waals surface area contributed by atoms with Crippen LogP contribution in [0.4, 0.5) is 0 Å². The number of carbonyl (C=O) groups excluding carboxylic acids is 1. The van der Waals surface area contributed by atoms with Crippen LogP contribution in [-0.4, -0.2) is 40.7 Å². The van der Waals surface area contributed by atoms with E-state index in [1.807, 2.05) is 30.3 Å². The van der Waals surface area contributed by atoms with Gasteiger partial charge in [-0.3, -0.25) is 4.79 Å². The Balaban J connectivity index is 1.74. The van der Waals surface area contributed by atoms with E-state index in [1.54, 1.807) is 23.2 Å². The maximum Gasteiger partial charge on any atom is 0.260 e. The lowest BCUT2D eigenvalue weighted by molar-refractivity contribution is -0.121. The number of hydrogen-bond donors (Lipinski definition) is 0. The summed E-state index contributed by atoms with van der Waals surface area (Å²) in [5.74, 6) is -0.469. The van der Waals surface area contributed by atoms with Crippen LogP contribution in [0, 0.1) is 0 Å². The Kier molecular flexibility index (Phi) is 3.81. The SMILES string of the molecule is O=C(/C=C/c1cnn(-c2ccccc2)c1)N1CCCS1(=O)=O. The molecule has 7 heteroatoms. The maximum absolute atomic E-state index is 11.9. The number of amides is 1. The number of rotatable bonds is 3. The number of para-hydroxylation sites is 1. The molecule has 1 aromatic carbocycles. The predicted molar refractivity (Wildman–Crippen MR) is 82.7 cm³/mol. The van der Waals surface area contributed by atoms with Crippen LogP contribution in [-0.2, 0) is 14.8 Å². The van der Waals surface area contributed by atoms with Gasteiger partial charge in [-0.15, -0.1) is 0 Å². The van der Waals surface area contributed by atoms with Crippen LogP contribution in [0.25, 0.3) is 11.8 Å². The van der Waals surface area contributed by atoms with E-state index < -0.39 is 15.9 Å². The second-order valence-electron chi connectivity index (χ2n) is 4.97. The zero-order valence-electron chi connectivity index (χ0n) is 11.8. The third-order valence-corrected chi connectivity index (χ3v) is 5.23.